The second kappa shape index (κ2) is 4.89. The standard InChI is InChI=1S/C11H9BrF3N/c1-3-10(16-2)7-4-5-9(12)8(6-7)11(13,14)15/h1,4-6,10,16H,2H3. The fraction of sp³-hybridized carbons (Fsp3) is 0.273. The molecule has 0 aliphatic heterocycles. The summed E-state index contributed by atoms with van der Waals surface area (Å²) in [6, 6.07) is 3.43. The van der Waals surface area contributed by atoms with Crippen LogP contribution in [0.15, 0.2) is 22.7 Å². The van der Waals surface area contributed by atoms with Crippen LogP contribution in [0, 0.1) is 12.3 Å². The molecule has 0 heterocycles. The zero-order valence-corrected chi connectivity index (χ0v) is 9.98. The summed E-state index contributed by atoms with van der Waals surface area (Å²) >= 11 is 2.87. The summed E-state index contributed by atoms with van der Waals surface area (Å²) in [5.74, 6) is 2.37. The molecule has 1 nitrogen and oxygen atoms in total. The Morgan fingerprint density at radius 3 is 2.50 bits per heavy atom. The van der Waals surface area contributed by atoms with Crippen molar-refractivity contribution in [3.8, 4) is 12.3 Å². The highest BCUT2D eigenvalue weighted by molar-refractivity contribution is 9.10. The Balaban J connectivity index is 3.23. The lowest BCUT2D eigenvalue weighted by molar-refractivity contribution is -0.138. The normalized spacial score (nSPS) is 13.2. The number of benzene rings is 1. The Labute approximate surface area is 100 Å². The van der Waals surface area contributed by atoms with Gasteiger partial charge in [-0.15, -0.1) is 6.42 Å². The van der Waals surface area contributed by atoms with Gasteiger partial charge in [0.15, 0.2) is 0 Å². The van der Waals surface area contributed by atoms with Gasteiger partial charge in [-0.2, -0.15) is 13.2 Å². The third kappa shape index (κ3) is 2.77. The van der Waals surface area contributed by atoms with Crippen molar-refractivity contribution in [1.29, 1.82) is 0 Å². The largest absolute Gasteiger partial charge is 0.417 e. The Morgan fingerprint density at radius 2 is 2.06 bits per heavy atom. The minimum Gasteiger partial charge on any atom is -0.303 e. The predicted molar refractivity (Wildman–Crippen MR) is 59.8 cm³/mol. The van der Waals surface area contributed by atoms with Crippen molar-refractivity contribution < 1.29 is 13.2 Å². The molecule has 1 aromatic carbocycles. The summed E-state index contributed by atoms with van der Waals surface area (Å²) < 4.78 is 37.8. The summed E-state index contributed by atoms with van der Waals surface area (Å²) in [7, 11) is 1.60. The monoisotopic (exact) mass is 291 g/mol. The van der Waals surface area contributed by atoms with E-state index >= 15 is 0 Å². The van der Waals surface area contributed by atoms with E-state index in [1.54, 1.807) is 13.1 Å². The lowest BCUT2D eigenvalue weighted by Gasteiger charge is -2.14. The SMILES string of the molecule is C#CC(NC)c1ccc(Br)c(C(F)(F)F)c1. The number of nitrogens with one attached hydrogen (secondary N) is 1. The van der Waals surface area contributed by atoms with Crippen LogP contribution in [-0.2, 0) is 6.18 Å². The van der Waals surface area contributed by atoms with Crippen LogP contribution in [0.2, 0.25) is 0 Å². The van der Waals surface area contributed by atoms with E-state index in [2.05, 4.69) is 27.2 Å². The molecule has 86 valence electrons. The van der Waals surface area contributed by atoms with Crippen molar-refractivity contribution in [2.24, 2.45) is 0 Å². The average Bonchev–Trinajstić information content (AvgIpc) is 2.20. The molecule has 0 bridgehead atoms. The van der Waals surface area contributed by atoms with Gasteiger partial charge < -0.3 is 5.32 Å². The molecular weight excluding hydrogens is 283 g/mol. The summed E-state index contributed by atoms with van der Waals surface area (Å²) in [6.07, 6.45) is 0.820. The van der Waals surface area contributed by atoms with Crippen molar-refractivity contribution in [2.45, 2.75) is 12.2 Å². The Bertz CT molecular complexity index is 420. The van der Waals surface area contributed by atoms with Crippen LogP contribution in [0.3, 0.4) is 0 Å². The van der Waals surface area contributed by atoms with Crippen LogP contribution in [0.25, 0.3) is 0 Å². The third-order valence-electron chi connectivity index (χ3n) is 2.08. The van der Waals surface area contributed by atoms with Gasteiger partial charge in [-0.1, -0.05) is 27.9 Å². The third-order valence-corrected chi connectivity index (χ3v) is 2.78. The Kier molecular flexibility index (Phi) is 4.00. The van der Waals surface area contributed by atoms with Gasteiger partial charge in [0.25, 0.3) is 0 Å². The molecular formula is C11H9BrF3N. The summed E-state index contributed by atoms with van der Waals surface area (Å²) in [5.41, 5.74) is -0.305. The number of rotatable bonds is 2. The maximum Gasteiger partial charge on any atom is 0.417 e. The molecule has 0 aliphatic carbocycles. The van der Waals surface area contributed by atoms with Gasteiger partial charge in [0.1, 0.15) is 0 Å². The molecule has 0 aromatic heterocycles. The minimum atomic E-state index is -4.39. The van der Waals surface area contributed by atoms with Crippen molar-refractivity contribution in [3.05, 3.63) is 33.8 Å². The van der Waals surface area contributed by atoms with E-state index in [0.717, 1.165) is 6.07 Å². The van der Waals surface area contributed by atoms with Gasteiger partial charge in [0.2, 0.25) is 0 Å². The molecule has 1 unspecified atom stereocenters. The molecule has 1 atom stereocenters. The molecule has 0 saturated carbocycles. The summed E-state index contributed by atoms with van der Waals surface area (Å²) in [5, 5.41) is 2.75. The number of alkyl halides is 3. The summed E-state index contributed by atoms with van der Waals surface area (Å²) in [6.45, 7) is 0. The topological polar surface area (TPSA) is 12.0 Å². The van der Waals surface area contributed by atoms with Crippen molar-refractivity contribution >= 4 is 15.9 Å². The van der Waals surface area contributed by atoms with Gasteiger partial charge in [-0.3, -0.25) is 0 Å². The van der Waals surface area contributed by atoms with E-state index in [-0.39, 0.29) is 4.47 Å². The van der Waals surface area contributed by atoms with Gasteiger partial charge >= 0.3 is 6.18 Å². The van der Waals surface area contributed by atoms with Gasteiger partial charge in [0.05, 0.1) is 11.6 Å². The lowest BCUT2D eigenvalue weighted by Crippen LogP contribution is -2.15. The highest BCUT2D eigenvalue weighted by atomic mass is 79.9. The van der Waals surface area contributed by atoms with Crippen LogP contribution in [0.4, 0.5) is 13.2 Å². The van der Waals surface area contributed by atoms with Crippen LogP contribution >= 0.6 is 15.9 Å². The zero-order valence-electron chi connectivity index (χ0n) is 8.40. The highest BCUT2D eigenvalue weighted by Crippen LogP contribution is 2.36. The Hall–Kier alpha value is -0.990. The molecule has 0 radical (unpaired) electrons. The van der Waals surface area contributed by atoms with E-state index in [9.17, 15) is 13.2 Å². The molecule has 0 saturated heterocycles. The molecule has 1 rings (SSSR count). The van der Waals surface area contributed by atoms with Crippen molar-refractivity contribution in [2.75, 3.05) is 7.05 Å². The first-order valence-corrected chi connectivity index (χ1v) is 5.19. The van der Waals surface area contributed by atoms with Crippen LogP contribution in [-0.4, -0.2) is 7.05 Å². The molecule has 0 spiro atoms. The first-order valence-electron chi connectivity index (χ1n) is 4.40. The number of hydrogen-bond acceptors (Lipinski definition) is 1. The van der Waals surface area contributed by atoms with Gasteiger partial charge in [-0.05, 0) is 24.7 Å². The van der Waals surface area contributed by atoms with Gasteiger partial charge in [-0.25, -0.2) is 0 Å². The van der Waals surface area contributed by atoms with Crippen molar-refractivity contribution in [3.63, 3.8) is 0 Å². The van der Waals surface area contributed by atoms with Crippen LogP contribution in [0.1, 0.15) is 17.2 Å². The first-order chi connectivity index (χ1) is 7.40. The molecule has 1 N–H and O–H groups in total. The maximum absolute atomic E-state index is 12.6. The zero-order chi connectivity index (χ0) is 12.3. The number of terminal acetylenes is 1. The van der Waals surface area contributed by atoms with E-state index in [1.807, 2.05) is 0 Å². The molecule has 0 fully saturated rings. The molecule has 5 heteroatoms. The lowest BCUT2D eigenvalue weighted by atomic mass is 10.0. The quantitative estimate of drug-likeness (QED) is 0.824. The van der Waals surface area contributed by atoms with Crippen molar-refractivity contribution in [1.82, 2.24) is 5.32 Å². The second-order valence-corrected chi connectivity index (χ2v) is 3.98. The number of halogens is 4. The van der Waals surface area contributed by atoms with E-state index in [4.69, 9.17) is 6.42 Å². The van der Waals surface area contributed by atoms with Crippen LogP contribution < -0.4 is 5.32 Å². The smallest absolute Gasteiger partial charge is 0.303 e. The molecule has 0 aliphatic rings. The Morgan fingerprint density at radius 1 is 1.44 bits per heavy atom. The highest BCUT2D eigenvalue weighted by Gasteiger charge is 2.33. The molecule has 1 aromatic rings. The second-order valence-electron chi connectivity index (χ2n) is 3.13. The molecule has 16 heavy (non-hydrogen) atoms. The maximum atomic E-state index is 12.6. The van der Waals surface area contributed by atoms with E-state index < -0.39 is 17.8 Å². The minimum absolute atomic E-state index is 0.00984. The first kappa shape index (κ1) is 13.1. The molecule has 0 amide bonds. The van der Waals surface area contributed by atoms with Crippen LogP contribution in [0.5, 0.6) is 0 Å². The fourth-order valence-corrected chi connectivity index (χ4v) is 1.76. The summed E-state index contributed by atoms with van der Waals surface area (Å²) in [4.78, 5) is 0. The fourth-order valence-electron chi connectivity index (χ4n) is 1.29. The van der Waals surface area contributed by atoms with E-state index in [0.29, 0.717) is 5.56 Å². The average molecular weight is 292 g/mol. The predicted octanol–water partition coefficient (Wildman–Crippen LogP) is 3.36. The van der Waals surface area contributed by atoms with Gasteiger partial charge in [0, 0.05) is 4.47 Å². The van der Waals surface area contributed by atoms with E-state index in [1.165, 1.54) is 6.07 Å². The number of hydrogen-bond donors (Lipinski definition) is 1.